The number of anilines is 1. The maximum atomic E-state index is 13.0. The average Bonchev–Trinajstić information content (AvgIpc) is 2.54. The van der Waals surface area contributed by atoms with Crippen molar-refractivity contribution in [3.63, 3.8) is 0 Å². The Hall–Kier alpha value is -2.91. The normalized spacial score (nSPS) is 11.2. The molecule has 5 nitrogen and oxygen atoms in total. The summed E-state index contributed by atoms with van der Waals surface area (Å²) in [5, 5.41) is 13.9. The molecule has 0 aromatic heterocycles. The van der Waals surface area contributed by atoms with Crippen LogP contribution >= 0.6 is 11.6 Å². The van der Waals surface area contributed by atoms with Crippen LogP contribution in [0.5, 0.6) is 0 Å². The molecule has 2 aromatic rings. The maximum Gasteiger partial charge on any atom is 0.313 e. The Bertz CT molecular complexity index is 833. The smallest absolute Gasteiger partial charge is 0.313 e. The second-order valence-electron chi connectivity index (χ2n) is 5.01. The second kappa shape index (κ2) is 7.57. The van der Waals surface area contributed by atoms with Crippen LogP contribution in [0.1, 0.15) is 24.1 Å². The summed E-state index contributed by atoms with van der Waals surface area (Å²) in [6.07, 6.45) is 0. The van der Waals surface area contributed by atoms with Gasteiger partial charge in [0.05, 0.1) is 17.7 Å². The molecule has 0 bridgehead atoms. The fraction of sp³-hybridized carbons (Fsp3) is 0.118. The third-order valence-electron chi connectivity index (χ3n) is 3.23. The highest BCUT2D eigenvalue weighted by Gasteiger charge is 2.19. The van der Waals surface area contributed by atoms with Gasteiger partial charge in [-0.1, -0.05) is 23.7 Å². The first-order valence-corrected chi connectivity index (χ1v) is 7.35. The van der Waals surface area contributed by atoms with Crippen molar-refractivity contribution in [3.8, 4) is 6.07 Å². The Balaban J connectivity index is 2.03. The summed E-state index contributed by atoms with van der Waals surface area (Å²) in [4.78, 5) is 23.9. The van der Waals surface area contributed by atoms with Gasteiger partial charge in [-0.2, -0.15) is 5.26 Å². The van der Waals surface area contributed by atoms with E-state index in [4.69, 9.17) is 16.9 Å². The molecule has 2 amide bonds. The molecule has 122 valence electrons. The van der Waals surface area contributed by atoms with Crippen molar-refractivity contribution in [3.05, 3.63) is 64.4 Å². The van der Waals surface area contributed by atoms with Crippen molar-refractivity contribution < 1.29 is 14.0 Å². The molecule has 24 heavy (non-hydrogen) atoms. The molecule has 0 heterocycles. The minimum atomic E-state index is -0.879. The lowest BCUT2D eigenvalue weighted by Crippen LogP contribution is -2.37. The van der Waals surface area contributed by atoms with Crippen molar-refractivity contribution >= 4 is 29.1 Å². The Morgan fingerprint density at radius 2 is 1.96 bits per heavy atom. The molecule has 0 fully saturated rings. The average molecular weight is 346 g/mol. The topological polar surface area (TPSA) is 82.0 Å². The molecule has 2 rings (SSSR count). The number of benzene rings is 2. The van der Waals surface area contributed by atoms with E-state index in [-0.39, 0.29) is 5.02 Å². The highest BCUT2D eigenvalue weighted by molar-refractivity contribution is 6.39. The third-order valence-corrected chi connectivity index (χ3v) is 3.56. The Morgan fingerprint density at radius 3 is 2.62 bits per heavy atom. The van der Waals surface area contributed by atoms with Gasteiger partial charge in [-0.25, -0.2) is 4.39 Å². The van der Waals surface area contributed by atoms with E-state index < -0.39 is 23.7 Å². The Morgan fingerprint density at radius 1 is 1.21 bits per heavy atom. The van der Waals surface area contributed by atoms with Crippen molar-refractivity contribution in [1.82, 2.24) is 5.32 Å². The molecule has 1 atom stereocenters. The van der Waals surface area contributed by atoms with E-state index in [1.807, 2.05) is 6.07 Å². The van der Waals surface area contributed by atoms with E-state index >= 15 is 0 Å². The SMILES string of the molecule is CC(NC(=O)C(=O)Nc1cccc(C#N)c1)c1ccc(F)cc1Cl. The van der Waals surface area contributed by atoms with Crippen LogP contribution < -0.4 is 10.6 Å². The van der Waals surface area contributed by atoms with Crippen LogP contribution in [0.2, 0.25) is 5.02 Å². The molecule has 0 aliphatic carbocycles. The van der Waals surface area contributed by atoms with Crippen LogP contribution in [0.3, 0.4) is 0 Å². The predicted molar refractivity (Wildman–Crippen MR) is 87.8 cm³/mol. The third kappa shape index (κ3) is 4.31. The predicted octanol–water partition coefficient (Wildman–Crippen LogP) is 3.17. The molecule has 0 saturated carbocycles. The minimum absolute atomic E-state index is 0.157. The van der Waals surface area contributed by atoms with Crippen molar-refractivity contribution in [1.29, 1.82) is 5.26 Å². The zero-order valence-corrected chi connectivity index (χ0v) is 13.4. The van der Waals surface area contributed by atoms with Crippen LogP contribution in [0.15, 0.2) is 42.5 Å². The first kappa shape index (κ1) is 17.4. The summed E-state index contributed by atoms with van der Waals surface area (Å²) in [5.74, 6) is -2.24. The summed E-state index contributed by atoms with van der Waals surface area (Å²) in [6, 6.07) is 11.3. The zero-order valence-electron chi connectivity index (χ0n) is 12.6. The standard InChI is InChI=1S/C17H13ClFN3O2/c1-10(14-6-5-12(19)8-15(14)18)21-16(23)17(24)22-13-4-2-3-11(7-13)9-20/h2-8,10H,1H3,(H,21,23)(H,22,24). The summed E-state index contributed by atoms with van der Waals surface area (Å²) in [7, 11) is 0. The maximum absolute atomic E-state index is 13.0. The van der Waals surface area contributed by atoms with Gasteiger partial charge in [0.1, 0.15) is 5.82 Å². The highest BCUT2D eigenvalue weighted by atomic mass is 35.5. The van der Waals surface area contributed by atoms with E-state index in [0.29, 0.717) is 16.8 Å². The number of amides is 2. The van der Waals surface area contributed by atoms with Crippen LogP contribution in [-0.4, -0.2) is 11.8 Å². The molecule has 0 spiro atoms. The number of nitriles is 1. The lowest BCUT2D eigenvalue weighted by atomic mass is 10.1. The molecule has 0 saturated heterocycles. The summed E-state index contributed by atoms with van der Waals surface area (Å²) >= 11 is 5.93. The second-order valence-corrected chi connectivity index (χ2v) is 5.41. The molecule has 7 heteroatoms. The lowest BCUT2D eigenvalue weighted by Gasteiger charge is -2.15. The van der Waals surface area contributed by atoms with Crippen LogP contribution in [-0.2, 0) is 9.59 Å². The Labute approximate surface area is 143 Å². The molecule has 0 aliphatic rings. The number of carbonyl (C=O) groups is 2. The fourth-order valence-electron chi connectivity index (χ4n) is 2.05. The van der Waals surface area contributed by atoms with Crippen molar-refractivity contribution in [2.45, 2.75) is 13.0 Å². The van der Waals surface area contributed by atoms with Gasteiger partial charge in [0.2, 0.25) is 0 Å². The number of carbonyl (C=O) groups excluding carboxylic acids is 2. The number of halogens is 2. The molecular weight excluding hydrogens is 333 g/mol. The van der Waals surface area contributed by atoms with Gasteiger partial charge >= 0.3 is 11.8 Å². The number of nitrogens with zero attached hydrogens (tertiary/aromatic N) is 1. The number of hydrogen-bond acceptors (Lipinski definition) is 3. The fourth-order valence-corrected chi connectivity index (χ4v) is 2.38. The Kier molecular flexibility index (Phi) is 5.51. The van der Waals surface area contributed by atoms with Gasteiger partial charge in [-0.05, 0) is 42.8 Å². The van der Waals surface area contributed by atoms with Crippen molar-refractivity contribution in [2.75, 3.05) is 5.32 Å². The monoisotopic (exact) mass is 345 g/mol. The van der Waals surface area contributed by atoms with Gasteiger partial charge in [0, 0.05) is 10.7 Å². The van der Waals surface area contributed by atoms with E-state index in [1.165, 1.54) is 18.2 Å². The number of nitrogens with one attached hydrogen (secondary N) is 2. The van der Waals surface area contributed by atoms with Crippen molar-refractivity contribution in [2.24, 2.45) is 0 Å². The minimum Gasteiger partial charge on any atom is -0.341 e. The molecule has 1 unspecified atom stereocenters. The molecule has 0 radical (unpaired) electrons. The largest absolute Gasteiger partial charge is 0.341 e. The van der Waals surface area contributed by atoms with Gasteiger partial charge in [-0.15, -0.1) is 0 Å². The number of hydrogen-bond donors (Lipinski definition) is 2. The van der Waals surface area contributed by atoms with E-state index in [1.54, 1.807) is 25.1 Å². The summed E-state index contributed by atoms with van der Waals surface area (Å²) < 4.78 is 13.0. The van der Waals surface area contributed by atoms with Gasteiger partial charge < -0.3 is 10.6 Å². The molecule has 0 aliphatic heterocycles. The zero-order chi connectivity index (χ0) is 17.7. The van der Waals surface area contributed by atoms with Crippen LogP contribution in [0.4, 0.5) is 10.1 Å². The first-order chi connectivity index (χ1) is 11.4. The van der Waals surface area contributed by atoms with E-state index in [0.717, 1.165) is 6.07 Å². The van der Waals surface area contributed by atoms with Gasteiger partial charge in [0.15, 0.2) is 0 Å². The highest BCUT2D eigenvalue weighted by Crippen LogP contribution is 2.23. The molecular formula is C17H13ClFN3O2. The number of rotatable bonds is 3. The van der Waals surface area contributed by atoms with E-state index in [2.05, 4.69) is 10.6 Å². The van der Waals surface area contributed by atoms with Gasteiger partial charge in [-0.3, -0.25) is 9.59 Å². The first-order valence-electron chi connectivity index (χ1n) is 6.97. The van der Waals surface area contributed by atoms with Crippen LogP contribution in [0, 0.1) is 17.1 Å². The molecule has 2 N–H and O–H groups in total. The quantitative estimate of drug-likeness (QED) is 0.838. The van der Waals surface area contributed by atoms with E-state index in [9.17, 15) is 14.0 Å². The lowest BCUT2D eigenvalue weighted by molar-refractivity contribution is -0.136. The summed E-state index contributed by atoms with van der Waals surface area (Å²) in [5.41, 5.74) is 1.19. The molecule has 2 aromatic carbocycles. The van der Waals surface area contributed by atoms with Gasteiger partial charge in [0.25, 0.3) is 0 Å². The van der Waals surface area contributed by atoms with Crippen LogP contribution in [0.25, 0.3) is 0 Å². The summed E-state index contributed by atoms with van der Waals surface area (Å²) in [6.45, 7) is 1.63.